The molecule has 0 saturated heterocycles. The third-order valence-electron chi connectivity index (χ3n) is 2.75. The monoisotopic (exact) mass is 215 g/mol. The molecule has 0 aliphatic heterocycles. The Bertz CT molecular complexity index is 180. The Hall–Kier alpha value is -0.570. The van der Waals surface area contributed by atoms with Gasteiger partial charge in [-0.25, -0.2) is 0 Å². The fourth-order valence-electron chi connectivity index (χ4n) is 1.41. The maximum atomic E-state index is 11.2. The lowest BCUT2D eigenvalue weighted by atomic mass is 10.0. The molecule has 0 fully saturated rings. The number of hydrogen-bond donors (Lipinski definition) is 1. The van der Waals surface area contributed by atoms with Gasteiger partial charge in [-0.3, -0.25) is 4.79 Å². The highest BCUT2D eigenvalue weighted by atomic mass is 16.5. The molecule has 0 aromatic carbocycles. The van der Waals surface area contributed by atoms with Crippen LogP contribution in [0.15, 0.2) is 0 Å². The maximum Gasteiger partial charge on any atom is 0.309 e. The zero-order valence-electron chi connectivity index (χ0n) is 10.7. The first-order chi connectivity index (χ1) is 6.99. The van der Waals surface area contributed by atoms with Crippen LogP contribution in [-0.2, 0) is 9.53 Å². The molecule has 0 aliphatic rings. The standard InChI is InChI=1S/C12H25NO2/c1-9(2)7-6-8-13-11(4)10(3)12(14)15-5/h9-11,13H,6-8H2,1-5H3. The smallest absolute Gasteiger partial charge is 0.309 e. The molecule has 0 aromatic rings. The Labute approximate surface area is 93.6 Å². The number of hydrogen-bond acceptors (Lipinski definition) is 3. The summed E-state index contributed by atoms with van der Waals surface area (Å²) in [5, 5.41) is 3.35. The SMILES string of the molecule is COC(=O)C(C)C(C)NCCCC(C)C. The van der Waals surface area contributed by atoms with Crippen LogP contribution in [0.5, 0.6) is 0 Å². The molecule has 1 N–H and O–H groups in total. The highest BCUT2D eigenvalue weighted by Gasteiger charge is 2.19. The van der Waals surface area contributed by atoms with E-state index >= 15 is 0 Å². The van der Waals surface area contributed by atoms with Gasteiger partial charge < -0.3 is 10.1 Å². The Morgan fingerprint density at radius 1 is 1.27 bits per heavy atom. The van der Waals surface area contributed by atoms with E-state index in [1.54, 1.807) is 0 Å². The summed E-state index contributed by atoms with van der Waals surface area (Å²) in [6, 6.07) is 0.185. The third kappa shape index (κ3) is 6.50. The van der Waals surface area contributed by atoms with Crippen LogP contribution in [0.3, 0.4) is 0 Å². The molecule has 0 rings (SSSR count). The Balaban J connectivity index is 3.64. The highest BCUT2D eigenvalue weighted by Crippen LogP contribution is 2.06. The molecule has 0 aromatic heterocycles. The van der Waals surface area contributed by atoms with Crippen molar-refractivity contribution in [2.75, 3.05) is 13.7 Å². The number of carbonyl (C=O) groups excluding carboxylic acids is 1. The van der Waals surface area contributed by atoms with Gasteiger partial charge in [0.15, 0.2) is 0 Å². The normalized spacial score (nSPS) is 15.1. The Morgan fingerprint density at radius 2 is 1.87 bits per heavy atom. The molecule has 3 heteroatoms. The molecule has 0 saturated carbocycles. The number of ether oxygens (including phenoxy) is 1. The average Bonchev–Trinajstić information content (AvgIpc) is 2.21. The molecule has 0 bridgehead atoms. The maximum absolute atomic E-state index is 11.2. The van der Waals surface area contributed by atoms with Crippen molar-refractivity contribution < 1.29 is 9.53 Å². The summed E-state index contributed by atoms with van der Waals surface area (Å²) in [5.41, 5.74) is 0. The molecule has 0 radical (unpaired) electrons. The van der Waals surface area contributed by atoms with E-state index in [-0.39, 0.29) is 17.9 Å². The fourth-order valence-corrected chi connectivity index (χ4v) is 1.41. The minimum atomic E-state index is -0.140. The van der Waals surface area contributed by atoms with E-state index in [4.69, 9.17) is 4.74 Å². The summed E-state index contributed by atoms with van der Waals surface area (Å²) in [5.74, 6) is 0.535. The zero-order valence-corrected chi connectivity index (χ0v) is 10.7. The first-order valence-electron chi connectivity index (χ1n) is 5.80. The number of rotatable bonds is 7. The fraction of sp³-hybridized carbons (Fsp3) is 0.917. The van der Waals surface area contributed by atoms with Crippen LogP contribution in [0.25, 0.3) is 0 Å². The molecule has 0 spiro atoms. The summed E-state index contributed by atoms with van der Waals surface area (Å²) in [4.78, 5) is 11.2. The molecule has 0 heterocycles. The van der Waals surface area contributed by atoms with Crippen molar-refractivity contribution in [1.29, 1.82) is 0 Å². The van der Waals surface area contributed by atoms with Crippen LogP contribution < -0.4 is 5.32 Å². The Morgan fingerprint density at radius 3 is 2.33 bits per heavy atom. The molecule has 3 nitrogen and oxygen atoms in total. The lowest BCUT2D eigenvalue weighted by Gasteiger charge is -2.19. The first-order valence-corrected chi connectivity index (χ1v) is 5.80. The van der Waals surface area contributed by atoms with E-state index in [0.717, 1.165) is 18.9 Å². The van der Waals surface area contributed by atoms with Gasteiger partial charge in [-0.2, -0.15) is 0 Å². The molecule has 0 amide bonds. The van der Waals surface area contributed by atoms with Crippen LogP contribution in [-0.4, -0.2) is 25.7 Å². The van der Waals surface area contributed by atoms with Gasteiger partial charge in [-0.05, 0) is 32.2 Å². The van der Waals surface area contributed by atoms with Gasteiger partial charge in [0, 0.05) is 6.04 Å². The lowest BCUT2D eigenvalue weighted by molar-refractivity contribution is -0.145. The topological polar surface area (TPSA) is 38.3 Å². The second-order valence-electron chi connectivity index (χ2n) is 4.59. The van der Waals surface area contributed by atoms with E-state index in [1.807, 2.05) is 13.8 Å². The highest BCUT2D eigenvalue weighted by molar-refractivity contribution is 5.72. The van der Waals surface area contributed by atoms with Crippen molar-refractivity contribution in [3.05, 3.63) is 0 Å². The zero-order chi connectivity index (χ0) is 11.8. The van der Waals surface area contributed by atoms with Crippen LogP contribution >= 0.6 is 0 Å². The second kappa shape index (κ2) is 7.69. The van der Waals surface area contributed by atoms with Gasteiger partial charge in [-0.1, -0.05) is 20.8 Å². The lowest BCUT2D eigenvalue weighted by Crippen LogP contribution is -2.37. The molecule has 2 unspecified atom stereocenters. The van der Waals surface area contributed by atoms with Crippen LogP contribution in [0.1, 0.15) is 40.5 Å². The Kier molecular flexibility index (Phi) is 7.39. The van der Waals surface area contributed by atoms with Crippen molar-refractivity contribution in [2.24, 2.45) is 11.8 Å². The van der Waals surface area contributed by atoms with Crippen LogP contribution in [0.4, 0.5) is 0 Å². The molecule has 90 valence electrons. The van der Waals surface area contributed by atoms with Gasteiger partial charge in [0.25, 0.3) is 0 Å². The van der Waals surface area contributed by atoms with E-state index in [9.17, 15) is 4.79 Å². The molecule has 15 heavy (non-hydrogen) atoms. The predicted molar refractivity (Wildman–Crippen MR) is 62.7 cm³/mol. The van der Waals surface area contributed by atoms with E-state index in [0.29, 0.717) is 0 Å². The second-order valence-corrected chi connectivity index (χ2v) is 4.59. The van der Waals surface area contributed by atoms with E-state index < -0.39 is 0 Å². The van der Waals surface area contributed by atoms with Gasteiger partial charge in [0.05, 0.1) is 13.0 Å². The number of methoxy groups -OCH3 is 1. The van der Waals surface area contributed by atoms with Gasteiger partial charge in [0.1, 0.15) is 0 Å². The first kappa shape index (κ1) is 14.4. The largest absolute Gasteiger partial charge is 0.469 e. The predicted octanol–water partition coefficient (Wildman–Crippen LogP) is 2.21. The van der Waals surface area contributed by atoms with Crippen LogP contribution in [0.2, 0.25) is 0 Å². The van der Waals surface area contributed by atoms with Crippen molar-refractivity contribution in [1.82, 2.24) is 5.32 Å². The number of nitrogens with one attached hydrogen (secondary N) is 1. The summed E-state index contributed by atoms with van der Waals surface area (Å²) < 4.78 is 4.70. The summed E-state index contributed by atoms with van der Waals surface area (Å²) >= 11 is 0. The minimum Gasteiger partial charge on any atom is -0.469 e. The average molecular weight is 215 g/mol. The summed E-state index contributed by atoms with van der Waals surface area (Å²) in [7, 11) is 1.43. The number of carbonyl (C=O) groups is 1. The van der Waals surface area contributed by atoms with Crippen molar-refractivity contribution in [3.8, 4) is 0 Å². The molecular weight excluding hydrogens is 190 g/mol. The minimum absolute atomic E-state index is 0.0750. The third-order valence-corrected chi connectivity index (χ3v) is 2.75. The summed E-state index contributed by atoms with van der Waals surface area (Å²) in [6.07, 6.45) is 2.39. The number of esters is 1. The van der Waals surface area contributed by atoms with Crippen molar-refractivity contribution in [3.63, 3.8) is 0 Å². The summed E-state index contributed by atoms with van der Waals surface area (Å²) in [6.45, 7) is 9.34. The van der Waals surface area contributed by atoms with Crippen molar-refractivity contribution in [2.45, 2.75) is 46.6 Å². The van der Waals surface area contributed by atoms with Gasteiger partial charge in [0.2, 0.25) is 0 Å². The molecular formula is C12H25NO2. The van der Waals surface area contributed by atoms with E-state index in [2.05, 4.69) is 19.2 Å². The van der Waals surface area contributed by atoms with Gasteiger partial charge in [-0.15, -0.1) is 0 Å². The quantitative estimate of drug-likeness (QED) is 0.522. The van der Waals surface area contributed by atoms with Crippen LogP contribution in [0, 0.1) is 11.8 Å². The van der Waals surface area contributed by atoms with Gasteiger partial charge >= 0.3 is 5.97 Å². The van der Waals surface area contributed by atoms with Crippen molar-refractivity contribution >= 4 is 5.97 Å². The molecule has 2 atom stereocenters. The molecule has 0 aliphatic carbocycles. The van der Waals surface area contributed by atoms with E-state index in [1.165, 1.54) is 13.5 Å².